The van der Waals surface area contributed by atoms with Gasteiger partial charge in [-0.05, 0) is 55.4 Å². The number of halogens is 3. The first kappa shape index (κ1) is 17.0. The second-order valence-corrected chi connectivity index (χ2v) is 9.89. The van der Waals surface area contributed by atoms with Crippen LogP contribution in [0.3, 0.4) is 0 Å². The molecule has 4 rings (SSSR count). The summed E-state index contributed by atoms with van der Waals surface area (Å²) in [6.07, 6.45) is 5.87. The largest absolute Gasteiger partial charge is 0.473 e. The van der Waals surface area contributed by atoms with Crippen molar-refractivity contribution >= 4 is 49.0 Å². The summed E-state index contributed by atoms with van der Waals surface area (Å²) in [5.74, 6) is 0.204. The molecule has 4 nitrogen and oxygen atoms in total. The van der Waals surface area contributed by atoms with Gasteiger partial charge in [-0.25, -0.2) is 0 Å². The van der Waals surface area contributed by atoms with E-state index in [1.54, 1.807) is 6.07 Å². The van der Waals surface area contributed by atoms with Gasteiger partial charge >= 0.3 is 9.24 Å². The Labute approximate surface area is 155 Å². The Balaban J connectivity index is 1.93. The molecule has 1 aliphatic heterocycles. The maximum absolute atomic E-state index is 11.4. The van der Waals surface area contributed by atoms with Crippen LogP contribution in [0.2, 0.25) is 10.0 Å². The Morgan fingerprint density at radius 2 is 1.88 bits per heavy atom. The normalized spacial score (nSPS) is 33.5. The molecule has 0 N–H and O–H groups in total. The fourth-order valence-corrected chi connectivity index (χ4v) is 6.06. The van der Waals surface area contributed by atoms with Gasteiger partial charge in [0, 0.05) is 32.6 Å². The Hall–Kier alpha value is -0.490. The van der Waals surface area contributed by atoms with Gasteiger partial charge in [-0.1, -0.05) is 29.6 Å². The SMILES string of the molecule is O=S(=O)(Cl)N=C1C[C@]23CCCC[C@]2(CCc2c(Cl)cc(Cl)cc23)O1. The van der Waals surface area contributed by atoms with Gasteiger partial charge < -0.3 is 4.74 Å². The minimum Gasteiger partial charge on any atom is -0.473 e. The minimum atomic E-state index is -4.01. The number of fused-ring (bicyclic) bond motifs is 1. The van der Waals surface area contributed by atoms with Crippen LogP contribution in [-0.4, -0.2) is 19.9 Å². The smallest absolute Gasteiger partial charge is 0.342 e. The van der Waals surface area contributed by atoms with E-state index in [0.717, 1.165) is 49.7 Å². The van der Waals surface area contributed by atoms with Crippen molar-refractivity contribution < 1.29 is 13.2 Å². The first-order valence-corrected chi connectivity index (χ1v) is 11.0. The third-order valence-electron chi connectivity index (χ3n) is 5.74. The molecular formula is C16H16Cl3NO3S. The van der Waals surface area contributed by atoms with Gasteiger partial charge in [0.05, 0.1) is 0 Å². The second kappa shape index (κ2) is 5.50. The predicted octanol–water partition coefficient (Wildman–Crippen LogP) is 4.79. The van der Waals surface area contributed by atoms with E-state index in [2.05, 4.69) is 4.40 Å². The van der Waals surface area contributed by atoms with Crippen molar-refractivity contribution in [2.75, 3.05) is 0 Å². The van der Waals surface area contributed by atoms with Crippen LogP contribution >= 0.6 is 33.9 Å². The van der Waals surface area contributed by atoms with E-state index in [-0.39, 0.29) is 11.3 Å². The van der Waals surface area contributed by atoms with Crippen LogP contribution in [0.4, 0.5) is 0 Å². The number of hydrogen-bond donors (Lipinski definition) is 0. The van der Waals surface area contributed by atoms with Gasteiger partial charge in [-0.3, -0.25) is 0 Å². The number of benzene rings is 1. The molecule has 3 aliphatic rings. The van der Waals surface area contributed by atoms with Crippen LogP contribution in [0.1, 0.15) is 49.7 Å². The summed E-state index contributed by atoms with van der Waals surface area (Å²) in [7, 11) is 1.31. The lowest BCUT2D eigenvalue weighted by Gasteiger charge is -2.51. The molecule has 0 aromatic heterocycles. The van der Waals surface area contributed by atoms with Crippen LogP contribution in [0.25, 0.3) is 0 Å². The molecule has 1 aromatic rings. The number of ether oxygens (including phenoxy) is 1. The van der Waals surface area contributed by atoms with E-state index in [0.29, 0.717) is 16.5 Å². The van der Waals surface area contributed by atoms with Crippen molar-refractivity contribution in [1.82, 2.24) is 0 Å². The average molecular weight is 409 g/mol. The van der Waals surface area contributed by atoms with Crippen LogP contribution in [0.15, 0.2) is 16.5 Å². The van der Waals surface area contributed by atoms with Crippen LogP contribution < -0.4 is 0 Å². The molecule has 2 fully saturated rings. The summed E-state index contributed by atoms with van der Waals surface area (Å²) in [6, 6.07) is 3.73. The van der Waals surface area contributed by atoms with E-state index in [1.807, 2.05) is 6.07 Å². The molecule has 0 spiro atoms. The van der Waals surface area contributed by atoms with Gasteiger partial charge in [-0.2, -0.15) is 8.42 Å². The lowest BCUT2D eigenvalue weighted by molar-refractivity contribution is -0.0324. The van der Waals surface area contributed by atoms with Crippen molar-refractivity contribution in [3.05, 3.63) is 33.3 Å². The molecule has 8 heteroatoms. The molecular weight excluding hydrogens is 393 g/mol. The van der Waals surface area contributed by atoms with Crippen LogP contribution in [0.5, 0.6) is 0 Å². The molecule has 130 valence electrons. The lowest BCUT2D eigenvalue weighted by Crippen LogP contribution is -2.53. The Morgan fingerprint density at radius 3 is 2.62 bits per heavy atom. The fourth-order valence-electron chi connectivity index (χ4n) is 4.90. The van der Waals surface area contributed by atoms with Crippen LogP contribution in [-0.2, 0) is 25.8 Å². The fraction of sp³-hybridized carbons (Fsp3) is 0.562. The predicted molar refractivity (Wildman–Crippen MR) is 95.6 cm³/mol. The third-order valence-corrected chi connectivity index (χ3v) is 6.92. The maximum Gasteiger partial charge on any atom is 0.342 e. The second-order valence-electron chi connectivity index (χ2n) is 6.87. The van der Waals surface area contributed by atoms with Gasteiger partial charge in [-0.15, -0.1) is 4.40 Å². The highest BCUT2D eigenvalue weighted by molar-refractivity contribution is 8.12. The summed E-state index contributed by atoms with van der Waals surface area (Å²) in [6.45, 7) is 0. The third kappa shape index (κ3) is 2.47. The molecule has 0 unspecified atom stereocenters. The zero-order chi connectivity index (χ0) is 17.2. The molecule has 1 heterocycles. The van der Waals surface area contributed by atoms with Gasteiger partial charge in [0.2, 0.25) is 5.90 Å². The van der Waals surface area contributed by atoms with E-state index >= 15 is 0 Å². The number of rotatable bonds is 1. The summed E-state index contributed by atoms with van der Waals surface area (Å²) < 4.78 is 32.6. The number of nitrogens with zero attached hydrogens (tertiary/aromatic N) is 1. The molecule has 0 radical (unpaired) electrons. The van der Waals surface area contributed by atoms with Crippen molar-refractivity contribution in [2.45, 2.75) is 56.0 Å². The molecule has 2 aliphatic carbocycles. The topological polar surface area (TPSA) is 55.7 Å². The monoisotopic (exact) mass is 407 g/mol. The Kier molecular flexibility index (Phi) is 3.89. The Bertz CT molecular complexity index is 854. The molecule has 0 amide bonds. The zero-order valence-corrected chi connectivity index (χ0v) is 15.9. The summed E-state index contributed by atoms with van der Waals surface area (Å²) in [5.41, 5.74) is 1.42. The van der Waals surface area contributed by atoms with Gasteiger partial charge in [0.1, 0.15) is 5.60 Å². The highest BCUT2D eigenvalue weighted by Gasteiger charge is 2.63. The molecule has 24 heavy (non-hydrogen) atoms. The van der Waals surface area contributed by atoms with E-state index in [4.69, 9.17) is 38.6 Å². The first-order valence-electron chi connectivity index (χ1n) is 7.96. The summed E-state index contributed by atoms with van der Waals surface area (Å²) in [4.78, 5) is 0. The standard InChI is InChI=1S/C16H16Cl3NO3S/c17-10-7-12-11(13(18)8-10)3-6-16-5-2-1-4-15(12,16)9-14(23-16)20-24(19,21)22/h7-8H,1-6,9H2/t15-,16+/m0/s1. The van der Waals surface area contributed by atoms with Crippen molar-refractivity contribution in [3.63, 3.8) is 0 Å². The molecule has 2 atom stereocenters. The zero-order valence-electron chi connectivity index (χ0n) is 12.8. The maximum atomic E-state index is 11.4. The molecule has 1 saturated heterocycles. The number of hydrogen-bond acceptors (Lipinski definition) is 3. The molecule has 0 bridgehead atoms. The average Bonchev–Trinajstić information content (AvgIpc) is 2.79. The van der Waals surface area contributed by atoms with Gasteiger partial charge in [0.15, 0.2) is 0 Å². The summed E-state index contributed by atoms with van der Waals surface area (Å²) in [5, 5.41) is 1.26. The first-order chi connectivity index (χ1) is 11.2. The summed E-state index contributed by atoms with van der Waals surface area (Å²) >= 11 is 12.7. The van der Waals surface area contributed by atoms with E-state index in [9.17, 15) is 8.42 Å². The van der Waals surface area contributed by atoms with Crippen molar-refractivity contribution in [2.24, 2.45) is 4.40 Å². The highest BCUT2D eigenvalue weighted by Crippen LogP contribution is 2.61. The van der Waals surface area contributed by atoms with E-state index < -0.39 is 14.8 Å². The van der Waals surface area contributed by atoms with Crippen molar-refractivity contribution in [3.8, 4) is 0 Å². The minimum absolute atomic E-state index is 0.204. The lowest BCUT2D eigenvalue weighted by atomic mass is 9.54. The Morgan fingerprint density at radius 1 is 1.12 bits per heavy atom. The molecule has 1 aromatic carbocycles. The highest BCUT2D eigenvalue weighted by atomic mass is 35.7. The van der Waals surface area contributed by atoms with Gasteiger partial charge in [0.25, 0.3) is 0 Å². The quantitative estimate of drug-likeness (QED) is 0.628. The van der Waals surface area contributed by atoms with Crippen molar-refractivity contribution in [1.29, 1.82) is 0 Å². The van der Waals surface area contributed by atoms with Crippen LogP contribution in [0, 0.1) is 0 Å². The molecule has 1 saturated carbocycles. The van der Waals surface area contributed by atoms with E-state index in [1.165, 1.54) is 0 Å².